The van der Waals surface area contributed by atoms with Gasteiger partial charge >= 0.3 is 0 Å². The van der Waals surface area contributed by atoms with Crippen molar-refractivity contribution in [2.24, 2.45) is 0 Å². The standard InChI is InChI=1S/C13H24N2OS/c1-2-7-15-13(11-14)6-3-5-12(10-13)17-9-4-8-16/h12,15-16H,2-10H2,1H3. The van der Waals surface area contributed by atoms with Crippen LogP contribution in [0.25, 0.3) is 0 Å². The van der Waals surface area contributed by atoms with Crippen LogP contribution in [0, 0.1) is 11.3 Å². The summed E-state index contributed by atoms with van der Waals surface area (Å²) in [5.41, 5.74) is -0.287. The van der Waals surface area contributed by atoms with Gasteiger partial charge in [-0.3, -0.25) is 5.32 Å². The van der Waals surface area contributed by atoms with Crippen LogP contribution in [0.5, 0.6) is 0 Å². The van der Waals surface area contributed by atoms with Crippen LogP contribution in [0.3, 0.4) is 0 Å². The highest BCUT2D eigenvalue weighted by Crippen LogP contribution is 2.34. The smallest absolute Gasteiger partial charge is 0.107 e. The van der Waals surface area contributed by atoms with Gasteiger partial charge in [0.15, 0.2) is 0 Å². The molecule has 1 aliphatic rings. The molecule has 0 spiro atoms. The maximum absolute atomic E-state index is 9.40. The molecule has 1 saturated carbocycles. The fourth-order valence-corrected chi connectivity index (χ4v) is 3.71. The number of nitriles is 1. The van der Waals surface area contributed by atoms with E-state index in [1.54, 1.807) is 0 Å². The van der Waals surface area contributed by atoms with Crippen molar-refractivity contribution < 1.29 is 5.11 Å². The summed E-state index contributed by atoms with van der Waals surface area (Å²) in [4.78, 5) is 0. The summed E-state index contributed by atoms with van der Waals surface area (Å²) in [5, 5.41) is 22.2. The van der Waals surface area contributed by atoms with Crippen LogP contribution in [-0.4, -0.2) is 34.8 Å². The maximum Gasteiger partial charge on any atom is 0.107 e. The summed E-state index contributed by atoms with van der Waals surface area (Å²) >= 11 is 1.92. The predicted molar refractivity (Wildman–Crippen MR) is 73.1 cm³/mol. The van der Waals surface area contributed by atoms with E-state index in [0.29, 0.717) is 5.25 Å². The van der Waals surface area contributed by atoms with Crippen molar-refractivity contribution >= 4 is 11.8 Å². The van der Waals surface area contributed by atoms with Crippen molar-refractivity contribution in [2.75, 3.05) is 18.9 Å². The summed E-state index contributed by atoms with van der Waals surface area (Å²) in [5.74, 6) is 1.01. The largest absolute Gasteiger partial charge is 0.396 e. The van der Waals surface area contributed by atoms with Gasteiger partial charge in [0.05, 0.1) is 6.07 Å². The van der Waals surface area contributed by atoms with Gasteiger partial charge in [-0.25, -0.2) is 0 Å². The molecule has 0 aliphatic heterocycles. The van der Waals surface area contributed by atoms with Crippen molar-refractivity contribution in [1.29, 1.82) is 5.26 Å². The van der Waals surface area contributed by atoms with Crippen molar-refractivity contribution in [1.82, 2.24) is 5.32 Å². The quantitative estimate of drug-likeness (QED) is 0.686. The number of thioether (sulfide) groups is 1. The molecule has 0 radical (unpaired) electrons. The number of hydrogen-bond donors (Lipinski definition) is 2. The van der Waals surface area contributed by atoms with E-state index in [2.05, 4.69) is 18.3 Å². The first-order valence-corrected chi connectivity index (χ1v) is 7.70. The van der Waals surface area contributed by atoms with E-state index in [1.807, 2.05) is 11.8 Å². The van der Waals surface area contributed by atoms with E-state index in [0.717, 1.165) is 44.4 Å². The lowest BCUT2D eigenvalue weighted by molar-refractivity contribution is 0.295. The molecule has 2 unspecified atom stereocenters. The normalized spacial score (nSPS) is 28.9. The van der Waals surface area contributed by atoms with Crippen molar-refractivity contribution in [2.45, 2.75) is 56.2 Å². The van der Waals surface area contributed by atoms with E-state index in [4.69, 9.17) is 5.11 Å². The average Bonchev–Trinajstić information content (AvgIpc) is 2.37. The number of rotatable bonds is 7. The minimum absolute atomic E-state index is 0.275. The van der Waals surface area contributed by atoms with Crippen LogP contribution in [0.2, 0.25) is 0 Å². The molecule has 0 heterocycles. The fourth-order valence-electron chi connectivity index (χ4n) is 2.35. The number of aliphatic hydroxyl groups is 1. The van der Waals surface area contributed by atoms with Crippen LogP contribution in [0.1, 0.15) is 45.4 Å². The highest BCUT2D eigenvalue weighted by Gasteiger charge is 2.35. The zero-order chi connectivity index (χ0) is 12.6. The molecule has 2 atom stereocenters. The lowest BCUT2D eigenvalue weighted by atomic mass is 9.82. The molecule has 3 nitrogen and oxygen atoms in total. The van der Waals surface area contributed by atoms with Crippen LogP contribution in [0.15, 0.2) is 0 Å². The van der Waals surface area contributed by atoms with Gasteiger partial charge in [-0.15, -0.1) is 0 Å². The highest BCUT2D eigenvalue weighted by molar-refractivity contribution is 7.99. The third kappa shape index (κ3) is 4.87. The molecule has 17 heavy (non-hydrogen) atoms. The van der Waals surface area contributed by atoms with Crippen molar-refractivity contribution in [3.8, 4) is 6.07 Å². The van der Waals surface area contributed by atoms with Crippen LogP contribution in [-0.2, 0) is 0 Å². The number of aliphatic hydroxyl groups excluding tert-OH is 1. The van der Waals surface area contributed by atoms with Crippen molar-refractivity contribution in [3.05, 3.63) is 0 Å². The third-order valence-corrected chi connectivity index (χ3v) is 4.69. The monoisotopic (exact) mass is 256 g/mol. The van der Waals surface area contributed by atoms with E-state index >= 15 is 0 Å². The fraction of sp³-hybridized carbons (Fsp3) is 0.923. The van der Waals surface area contributed by atoms with Gasteiger partial charge in [0, 0.05) is 11.9 Å². The molecule has 0 aromatic carbocycles. The molecule has 2 N–H and O–H groups in total. The summed E-state index contributed by atoms with van der Waals surface area (Å²) in [7, 11) is 0. The Bertz CT molecular complexity index is 254. The summed E-state index contributed by atoms with van der Waals surface area (Å²) in [6.45, 7) is 3.34. The number of nitrogens with one attached hydrogen (secondary N) is 1. The van der Waals surface area contributed by atoms with Crippen molar-refractivity contribution in [3.63, 3.8) is 0 Å². The summed E-state index contributed by atoms with van der Waals surface area (Å²) in [6, 6.07) is 2.50. The first kappa shape index (κ1) is 14.8. The Hall–Kier alpha value is -0.240. The van der Waals surface area contributed by atoms with Gasteiger partial charge in [-0.05, 0) is 50.8 Å². The molecule has 0 amide bonds. The Morgan fingerprint density at radius 3 is 3.06 bits per heavy atom. The summed E-state index contributed by atoms with van der Waals surface area (Å²) < 4.78 is 0. The summed E-state index contributed by atoms with van der Waals surface area (Å²) in [6.07, 6.45) is 6.24. The molecule has 0 saturated heterocycles. The van der Waals surface area contributed by atoms with E-state index < -0.39 is 0 Å². The molecule has 0 aromatic heterocycles. The predicted octanol–water partition coefficient (Wildman–Crippen LogP) is 2.31. The van der Waals surface area contributed by atoms with Crippen LogP contribution < -0.4 is 5.32 Å². The van der Waals surface area contributed by atoms with Gasteiger partial charge < -0.3 is 5.11 Å². The van der Waals surface area contributed by atoms with E-state index in [-0.39, 0.29) is 12.1 Å². The molecule has 98 valence electrons. The Morgan fingerprint density at radius 1 is 1.59 bits per heavy atom. The molecular weight excluding hydrogens is 232 g/mol. The zero-order valence-corrected chi connectivity index (χ0v) is 11.6. The Balaban J connectivity index is 2.42. The van der Waals surface area contributed by atoms with Gasteiger partial charge in [0.1, 0.15) is 5.54 Å². The molecule has 1 aliphatic carbocycles. The Labute approximate surface area is 109 Å². The van der Waals surface area contributed by atoms with Crippen LogP contribution >= 0.6 is 11.8 Å². The third-order valence-electron chi connectivity index (χ3n) is 3.29. The Morgan fingerprint density at radius 2 is 2.41 bits per heavy atom. The number of hydrogen-bond acceptors (Lipinski definition) is 4. The first-order valence-electron chi connectivity index (χ1n) is 6.65. The topological polar surface area (TPSA) is 56.0 Å². The minimum Gasteiger partial charge on any atom is -0.396 e. The molecule has 0 bridgehead atoms. The number of nitrogens with zero attached hydrogens (tertiary/aromatic N) is 1. The van der Waals surface area contributed by atoms with E-state index in [1.165, 1.54) is 6.42 Å². The Kier molecular flexibility index (Phi) is 6.94. The van der Waals surface area contributed by atoms with Gasteiger partial charge in [-0.2, -0.15) is 17.0 Å². The molecule has 1 fully saturated rings. The SMILES string of the molecule is CCCNC1(C#N)CCCC(SCCCO)C1. The second-order valence-electron chi connectivity index (χ2n) is 4.79. The minimum atomic E-state index is -0.287. The van der Waals surface area contributed by atoms with Gasteiger partial charge in [-0.1, -0.05) is 6.92 Å². The average molecular weight is 256 g/mol. The molecule has 0 aromatic rings. The lowest BCUT2D eigenvalue weighted by Gasteiger charge is -2.36. The second-order valence-corrected chi connectivity index (χ2v) is 6.20. The zero-order valence-electron chi connectivity index (χ0n) is 10.7. The highest BCUT2D eigenvalue weighted by atomic mass is 32.2. The first-order chi connectivity index (χ1) is 8.26. The lowest BCUT2D eigenvalue weighted by Crippen LogP contribution is -2.48. The van der Waals surface area contributed by atoms with Crippen LogP contribution in [0.4, 0.5) is 0 Å². The van der Waals surface area contributed by atoms with Gasteiger partial charge in [0.2, 0.25) is 0 Å². The second kappa shape index (κ2) is 7.97. The maximum atomic E-state index is 9.40. The molecule has 4 heteroatoms. The molecule has 1 rings (SSSR count). The van der Waals surface area contributed by atoms with Gasteiger partial charge in [0.25, 0.3) is 0 Å². The van der Waals surface area contributed by atoms with E-state index in [9.17, 15) is 5.26 Å². The molecular formula is C13H24N2OS.